The third-order valence-corrected chi connectivity index (χ3v) is 4.35. The van der Waals surface area contributed by atoms with E-state index in [1.165, 1.54) is 11.6 Å². The highest BCUT2D eigenvalue weighted by Gasteiger charge is 2.34. The number of rotatable bonds is 3. The van der Waals surface area contributed by atoms with E-state index in [1.54, 1.807) is 0 Å². The smallest absolute Gasteiger partial charge is 0.206 e. The lowest BCUT2D eigenvalue weighted by atomic mass is 9.78. The average Bonchev–Trinajstić information content (AvgIpc) is 2.46. The molecule has 0 nitrogen and oxygen atoms in total. The van der Waals surface area contributed by atoms with Crippen molar-refractivity contribution in [2.75, 3.05) is 0 Å². The first-order valence-electron chi connectivity index (χ1n) is 7.95. The lowest BCUT2D eigenvalue weighted by Gasteiger charge is -2.27. The van der Waals surface area contributed by atoms with E-state index in [1.807, 2.05) is 13.8 Å². The maximum atomic E-state index is 13.7. The van der Waals surface area contributed by atoms with Gasteiger partial charge < -0.3 is 0 Å². The van der Waals surface area contributed by atoms with Crippen molar-refractivity contribution in [1.29, 1.82) is 0 Å². The summed E-state index contributed by atoms with van der Waals surface area (Å²) in [7, 11) is 0. The fourth-order valence-corrected chi connectivity index (χ4v) is 3.07. The Labute approximate surface area is 134 Å². The molecular formula is C19H22F4. The van der Waals surface area contributed by atoms with E-state index in [2.05, 4.69) is 18.2 Å². The quantitative estimate of drug-likeness (QED) is 0.431. The van der Waals surface area contributed by atoms with Gasteiger partial charge in [-0.3, -0.25) is 0 Å². The van der Waals surface area contributed by atoms with Crippen molar-refractivity contribution in [3.05, 3.63) is 58.9 Å². The van der Waals surface area contributed by atoms with E-state index in [4.69, 9.17) is 0 Å². The third-order valence-electron chi connectivity index (χ3n) is 4.35. The Bertz CT molecular complexity index is 584. The molecule has 1 aromatic rings. The number of alkyl halides is 3. The van der Waals surface area contributed by atoms with E-state index in [0.717, 1.165) is 37.8 Å². The van der Waals surface area contributed by atoms with Crippen molar-refractivity contribution < 1.29 is 17.6 Å². The van der Waals surface area contributed by atoms with Crippen molar-refractivity contribution in [2.24, 2.45) is 5.92 Å². The van der Waals surface area contributed by atoms with Crippen molar-refractivity contribution >= 4 is 0 Å². The molecule has 0 aliphatic heterocycles. The highest BCUT2D eigenvalue weighted by Crippen LogP contribution is 2.38. The molecule has 0 saturated heterocycles. The van der Waals surface area contributed by atoms with Crippen molar-refractivity contribution in [2.45, 2.75) is 51.6 Å². The topological polar surface area (TPSA) is 0 Å². The van der Waals surface area contributed by atoms with Gasteiger partial charge in [0, 0.05) is 0 Å². The zero-order valence-corrected chi connectivity index (χ0v) is 13.5. The second-order valence-electron chi connectivity index (χ2n) is 6.48. The predicted molar refractivity (Wildman–Crippen MR) is 84.7 cm³/mol. The van der Waals surface area contributed by atoms with Gasteiger partial charge in [-0.15, -0.1) is 0 Å². The first-order valence-corrected chi connectivity index (χ1v) is 7.95. The zero-order valence-electron chi connectivity index (χ0n) is 13.5. The van der Waals surface area contributed by atoms with Crippen LogP contribution in [0.3, 0.4) is 0 Å². The monoisotopic (exact) mass is 326 g/mol. The van der Waals surface area contributed by atoms with Gasteiger partial charge >= 0.3 is 6.18 Å². The Morgan fingerprint density at radius 2 is 1.74 bits per heavy atom. The van der Waals surface area contributed by atoms with Crippen LogP contribution >= 0.6 is 0 Å². The molecular weight excluding hydrogens is 304 g/mol. The van der Waals surface area contributed by atoms with E-state index >= 15 is 0 Å². The number of hydrogen-bond acceptors (Lipinski definition) is 0. The van der Waals surface area contributed by atoms with E-state index in [9.17, 15) is 17.6 Å². The second-order valence-corrected chi connectivity index (χ2v) is 6.48. The number of halogens is 4. The van der Waals surface area contributed by atoms with Crippen LogP contribution in [-0.4, -0.2) is 0 Å². The minimum absolute atomic E-state index is 0.153. The summed E-state index contributed by atoms with van der Waals surface area (Å²) in [6.07, 6.45) is 5.44. The first-order chi connectivity index (χ1) is 10.8. The zero-order chi connectivity index (χ0) is 17.0. The molecule has 4 heteroatoms. The van der Waals surface area contributed by atoms with Crippen LogP contribution in [0.5, 0.6) is 0 Å². The summed E-state index contributed by atoms with van der Waals surface area (Å²) in [4.78, 5) is 0. The molecule has 126 valence electrons. The summed E-state index contributed by atoms with van der Waals surface area (Å²) in [6.45, 7) is 4.08. The molecule has 1 aliphatic rings. The van der Waals surface area contributed by atoms with E-state index < -0.39 is 17.6 Å². The van der Waals surface area contributed by atoms with Gasteiger partial charge in [-0.1, -0.05) is 29.9 Å². The predicted octanol–water partition coefficient (Wildman–Crippen LogP) is 6.64. The molecule has 1 aliphatic carbocycles. The highest BCUT2D eigenvalue weighted by molar-refractivity contribution is 5.29. The number of benzene rings is 1. The van der Waals surface area contributed by atoms with Crippen molar-refractivity contribution in [1.82, 2.24) is 0 Å². The molecule has 1 saturated carbocycles. The molecule has 0 aromatic heterocycles. The maximum absolute atomic E-state index is 13.7. The van der Waals surface area contributed by atoms with Gasteiger partial charge in [0.05, 0.1) is 5.56 Å². The fourth-order valence-electron chi connectivity index (χ4n) is 3.07. The van der Waals surface area contributed by atoms with Gasteiger partial charge in [-0.05, 0) is 69.1 Å². The van der Waals surface area contributed by atoms with Gasteiger partial charge in [0.1, 0.15) is 5.82 Å². The third kappa shape index (κ3) is 4.95. The highest BCUT2D eigenvalue weighted by atomic mass is 19.4. The van der Waals surface area contributed by atoms with Crippen LogP contribution in [0.15, 0.2) is 42.0 Å². The Morgan fingerprint density at radius 1 is 1.09 bits per heavy atom. The molecule has 2 rings (SSSR count). The van der Waals surface area contributed by atoms with Gasteiger partial charge in [-0.25, -0.2) is 4.39 Å². The summed E-state index contributed by atoms with van der Waals surface area (Å²) in [5.74, 6) is -0.512. The molecule has 0 N–H and O–H groups in total. The number of hydrogen-bond donors (Lipinski definition) is 0. The minimum Gasteiger partial charge on any atom is -0.206 e. The summed E-state index contributed by atoms with van der Waals surface area (Å²) >= 11 is 0. The van der Waals surface area contributed by atoms with Crippen LogP contribution in [0, 0.1) is 11.7 Å². The Hall–Kier alpha value is -1.58. The van der Waals surface area contributed by atoms with Crippen LogP contribution in [-0.2, 0) is 6.18 Å². The van der Waals surface area contributed by atoms with Crippen LogP contribution in [0.25, 0.3) is 0 Å². The Kier molecular flexibility index (Phi) is 5.66. The maximum Gasteiger partial charge on any atom is 0.419 e. The summed E-state index contributed by atoms with van der Waals surface area (Å²) in [5.41, 5.74) is 0.747. The molecule has 1 fully saturated rings. The molecule has 23 heavy (non-hydrogen) atoms. The van der Waals surface area contributed by atoms with Crippen LogP contribution in [0.1, 0.15) is 56.6 Å². The average molecular weight is 326 g/mol. The SMILES string of the molecule is CC(C)=CC=CC1CCC(c2ccc(C(F)(F)F)c(F)c2)CC1. The van der Waals surface area contributed by atoms with E-state index in [0.29, 0.717) is 11.5 Å². The fraction of sp³-hybridized carbons (Fsp3) is 0.474. The molecule has 0 heterocycles. The Morgan fingerprint density at radius 3 is 2.26 bits per heavy atom. The van der Waals surface area contributed by atoms with E-state index in [-0.39, 0.29) is 5.92 Å². The Balaban J connectivity index is 1.99. The lowest BCUT2D eigenvalue weighted by Crippen LogP contribution is -2.13. The van der Waals surface area contributed by atoms with Crippen LogP contribution in [0.2, 0.25) is 0 Å². The largest absolute Gasteiger partial charge is 0.419 e. The lowest BCUT2D eigenvalue weighted by molar-refractivity contribution is -0.140. The molecule has 0 radical (unpaired) electrons. The molecule has 0 atom stereocenters. The molecule has 0 bridgehead atoms. The standard InChI is InChI=1S/C19H22F4/c1-13(2)4-3-5-14-6-8-15(9-7-14)16-10-11-17(18(20)12-16)19(21,22)23/h3-5,10-12,14-15H,6-9H2,1-2H3. The van der Waals surface area contributed by atoms with Gasteiger partial charge in [0.15, 0.2) is 0 Å². The van der Waals surface area contributed by atoms with Crippen LogP contribution in [0.4, 0.5) is 17.6 Å². The summed E-state index contributed by atoms with van der Waals surface area (Å²) in [5, 5.41) is 0. The molecule has 0 unspecified atom stereocenters. The first kappa shape index (κ1) is 17.8. The van der Waals surface area contributed by atoms with Gasteiger partial charge in [-0.2, -0.15) is 13.2 Å². The second kappa shape index (κ2) is 7.33. The van der Waals surface area contributed by atoms with Crippen molar-refractivity contribution in [3.8, 4) is 0 Å². The minimum atomic E-state index is -4.63. The molecule has 1 aromatic carbocycles. The van der Waals surface area contributed by atoms with Gasteiger partial charge in [0.2, 0.25) is 0 Å². The van der Waals surface area contributed by atoms with Crippen molar-refractivity contribution in [3.63, 3.8) is 0 Å². The normalized spacial score (nSPS) is 22.3. The summed E-state index contributed by atoms with van der Waals surface area (Å²) < 4.78 is 51.5. The number of allylic oxidation sites excluding steroid dienone is 4. The molecule has 0 spiro atoms. The summed E-state index contributed by atoms with van der Waals surface area (Å²) in [6, 6.07) is 3.36. The molecule has 0 amide bonds. The van der Waals surface area contributed by atoms with Crippen LogP contribution < -0.4 is 0 Å². The van der Waals surface area contributed by atoms with Gasteiger partial charge in [0.25, 0.3) is 0 Å².